The molecule has 3 rings (SSSR count). The van der Waals surface area contributed by atoms with Crippen molar-refractivity contribution in [1.82, 2.24) is 0 Å². The first-order valence-corrected chi connectivity index (χ1v) is 9.91. The first kappa shape index (κ1) is 19.5. The van der Waals surface area contributed by atoms with Gasteiger partial charge in [-0.2, -0.15) is 8.42 Å². The van der Waals surface area contributed by atoms with E-state index in [1.165, 1.54) is 36.4 Å². The molecular formula is C19H14Cl2O5S. The number of hydrogen-bond donors (Lipinski definition) is 3. The predicted octanol–water partition coefficient (Wildman–Crippen LogP) is 4.83. The molecule has 8 heteroatoms. The fourth-order valence-corrected chi connectivity index (χ4v) is 4.02. The zero-order chi connectivity index (χ0) is 19.8. The first-order valence-electron chi connectivity index (χ1n) is 7.71. The summed E-state index contributed by atoms with van der Waals surface area (Å²) in [5, 5.41) is 19.6. The summed E-state index contributed by atoms with van der Waals surface area (Å²) in [6.45, 7) is 0. The van der Waals surface area contributed by atoms with E-state index >= 15 is 0 Å². The number of halogens is 2. The average molecular weight is 425 g/mol. The van der Waals surface area contributed by atoms with Gasteiger partial charge in [0.2, 0.25) is 0 Å². The van der Waals surface area contributed by atoms with Crippen molar-refractivity contribution in [1.29, 1.82) is 0 Å². The van der Waals surface area contributed by atoms with Crippen LogP contribution in [0, 0.1) is 0 Å². The van der Waals surface area contributed by atoms with E-state index in [1.807, 2.05) is 0 Å². The second-order valence-electron chi connectivity index (χ2n) is 5.87. The van der Waals surface area contributed by atoms with Crippen LogP contribution in [0.5, 0.6) is 11.5 Å². The van der Waals surface area contributed by atoms with Gasteiger partial charge in [-0.15, -0.1) is 0 Å². The summed E-state index contributed by atoms with van der Waals surface area (Å²) in [7, 11) is -4.50. The third-order valence-electron chi connectivity index (χ3n) is 4.12. The summed E-state index contributed by atoms with van der Waals surface area (Å²) < 4.78 is 33.4. The van der Waals surface area contributed by atoms with Crippen LogP contribution < -0.4 is 0 Å². The van der Waals surface area contributed by atoms with Gasteiger partial charge in [0.1, 0.15) is 11.5 Å². The summed E-state index contributed by atoms with van der Waals surface area (Å²) in [5.41, 5.74) is 1.43. The largest absolute Gasteiger partial charge is 0.506 e. The Bertz CT molecular complexity index is 1060. The van der Waals surface area contributed by atoms with E-state index in [4.69, 9.17) is 23.2 Å². The molecule has 3 N–H and O–H groups in total. The smallest absolute Gasteiger partial charge is 0.294 e. The summed E-state index contributed by atoms with van der Waals surface area (Å²) in [6, 6.07) is 15.0. The molecule has 0 aliphatic rings. The molecule has 3 aromatic rings. The monoisotopic (exact) mass is 424 g/mol. The van der Waals surface area contributed by atoms with Crippen LogP contribution in [0.4, 0.5) is 0 Å². The van der Waals surface area contributed by atoms with Gasteiger partial charge in [-0.25, -0.2) is 0 Å². The van der Waals surface area contributed by atoms with Crippen LogP contribution in [0.25, 0.3) is 0 Å². The Morgan fingerprint density at radius 2 is 1.26 bits per heavy atom. The average Bonchev–Trinajstić information content (AvgIpc) is 2.61. The molecule has 27 heavy (non-hydrogen) atoms. The van der Waals surface area contributed by atoms with Crippen LogP contribution in [0.2, 0.25) is 10.0 Å². The van der Waals surface area contributed by atoms with E-state index in [0.29, 0.717) is 16.7 Å². The molecule has 0 amide bonds. The van der Waals surface area contributed by atoms with Crippen molar-refractivity contribution in [3.63, 3.8) is 0 Å². The van der Waals surface area contributed by atoms with Crippen molar-refractivity contribution in [3.8, 4) is 11.5 Å². The molecule has 5 nitrogen and oxygen atoms in total. The Kier molecular flexibility index (Phi) is 5.35. The summed E-state index contributed by atoms with van der Waals surface area (Å²) in [4.78, 5) is -0.261. The molecular weight excluding hydrogens is 411 g/mol. The minimum Gasteiger partial charge on any atom is -0.506 e. The number of benzene rings is 3. The SMILES string of the molecule is O=S(=O)(O)c1ccccc1C(c1ccc(O)c(Cl)c1)c1ccc(O)c(Cl)c1. The molecule has 140 valence electrons. The van der Waals surface area contributed by atoms with Crippen LogP contribution in [0.3, 0.4) is 0 Å². The van der Waals surface area contributed by atoms with Gasteiger partial charge in [0.15, 0.2) is 0 Å². The second kappa shape index (κ2) is 7.40. The Morgan fingerprint density at radius 3 is 1.70 bits per heavy atom. The standard InChI is InChI=1S/C19H14Cl2O5S/c20-14-9-11(5-7-16(14)22)19(12-6-8-17(23)15(21)10-12)13-3-1-2-4-18(13)27(24,25)26/h1-10,19,22-23H,(H,24,25,26). The number of phenols is 2. The lowest BCUT2D eigenvalue weighted by atomic mass is 9.85. The number of phenolic OH excluding ortho intramolecular Hbond substituents is 2. The molecule has 0 bridgehead atoms. The zero-order valence-corrected chi connectivity index (χ0v) is 16.0. The van der Waals surface area contributed by atoms with Gasteiger partial charge in [0.05, 0.1) is 14.9 Å². The predicted molar refractivity (Wildman–Crippen MR) is 103 cm³/mol. The van der Waals surface area contributed by atoms with Crippen LogP contribution >= 0.6 is 23.2 Å². The molecule has 0 fully saturated rings. The Hall–Kier alpha value is -2.25. The highest BCUT2D eigenvalue weighted by atomic mass is 35.5. The van der Waals surface area contributed by atoms with Crippen LogP contribution in [-0.2, 0) is 10.1 Å². The quantitative estimate of drug-likeness (QED) is 0.411. The molecule has 0 atom stereocenters. The molecule has 0 saturated heterocycles. The van der Waals surface area contributed by atoms with E-state index in [0.717, 1.165) is 0 Å². The molecule has 3 aromatic carbocycles. The van der Waals surface area contributed by atoms with Gasteiger partial charge < -0.3 is 10.2 Å². The minimum atomic E-state index is -4.50. The van der Waals surface area contributed by atoms with Gasteiger partial charge in [0, 0.05) is 5.92 Å². The van der Waals surface area contributed by atoms with Crippen molar-refractivity contribution < 1.29 is 23.2 Å². The van der Waals surface area contributed by atoms with Crippen LogP contribution in [-0.4, -0.2) is 23.2 Å². The summed E-state index contributed by atoms with van der Waals surface area (Å²) in [6.07, 6.45) is 0. The third-order valence-corrected chi connectivity index (χ3v) is 5.65. The number of rotatable bonds is 4. The highest BCUT2D eigenvalue weighted by Gasteiger charge is 2.25. The fourth-order valence-electron chi connectivity index (χ4n) is 2.91. The molecule has 0 radical (unpaired) electrons. The highest BCUT2D eigenvalue weighted by Crippen LogP contribution is 2.40. The van der Waals surface area contributed by atoms with E-state index in [1.54, 1.807) is 24.3 Å². The normalized spacial score (nSPS) is 11.7. The lowest BCUT2D eigenvalue weighted by molar-refractivity contribution is 0.474. The van der Waals surface area contributed by atoms with Crippen LogP contribution in [0.1, 0.15) is 22.6 Å². The Balaban J connectivity index is 2.32. The first-order chi connectivity index (χ1) is 12.7. The lowest BCUT2D eigenvalue weighted by Crippen LogP contribution is -2.10. The zero-order valence-electron chi connectivity index (χ0n) is 13.7. The van der Waals surface area contributed by atoms with Crippen molar-refractivity contribution in [2.75, 3.05) is 0 Å². The minimum absolute atomic E-state index is 0.0895. The van der Waals surface area contributed by atoms with Crippen molar-refractivity contribution in [2.45, 2.75) is 10.8 Å². The van der Waals surface area contributed by atoms with Gasteiger partial charge in [-0.1, -0.05) is 53.5 Å². The second-order valence-corrected chi connectivity index (χ2v) is 8.07. The molecule has 0 aliphatic heterocycles. The van der Waals surface area contributed by atoms with Gasteiger partial charge in [-0.05, 0) is 47.0 Å². The molecule has 0 saturated carbocycles. The summed E-state index contributed by atoms with van der Waals surface area (Å²) >= 11 is 12.1. The number of aromatic hydroxyl groups is 2. The fraction of sp³-hybridized carbons (Fsp3) is 0.0526. The maximum Gasteiger partial charge on any atom is 0.294 e. The molecule has 0 heterocycles. The topological polar surface area (TPSA) is 94.8 Å². The lowest BCUT2D eigenvalue weighted by Gasteiger charge is -2.21. The molecule has 0 spiro atoms. The Morgan fingerprint density at radius 1 is 0.778 bits per heavy atom. The molecule has 0 unspecified atom stereocenters. The van der Waals surface area contributed by atoms with E-state index in [-0.39, 0.29) is 26.4 Å². The van der Waals surface area contributed by atoms with Crippen LogP contribution in [0.15, 0.2) is 65.6 Å². The van der Waals surface area contributed by atoms with Gasteiger partial charge in [-0.3, -0.25) is 4.55 Å². The summed E-state index contributed by atoms with van der Waals surface area (Å²) in [5.74, 6) is -0.920. The third kappa shape index (κ3) is 4.04. The Labute approximate surface area is 166 Å². The van der Waals surface area contributed by atoms with E-state index < -0.39 is 16.0 Å². The highest BCUT2D eigenvalue weighted by molar-refractivity contribution is 7.85. The van der Waals surface area contributed by atoms with E-state index in [2.05, 4.69) is 0 Å². The van der Waals surface area contributed by atoms with Crippen molar-refractivity contribution in [2.24, 2.45) is 0 Å². The van der Waals surface area contributed by atoms with Gasteiger partial charge in [0.25, 0.3) is 10.1 Å². The van der Waals surface area contributed by atoms with E-state index in [9.17, 15) is 23.2 Å². The van der Waals surface area contributed by atoms with Gasteiger partial charge >= 0.3 is 0 Å². The maximum atomic E-state index is 11.9. The maximum absolute atomic E-state index is 11.9. The van der Waals surface area contributed by atoms with Crippen molar-refractivity contribution >= 4 is 33.3 Å². The number of hydrogen-bond acceptors (Lipinski definition) is 4. The molecule has 0 aromatic heterocycles. The van der Waals surface area contributed by atoms with Crippen molar-refractivity contribution in [3.05, 3.63) is 87.4 Å². The molecule has 0 aliphatic carbocycles.